The van der Waals surface area contributed by atoms with Crippen molar-refractivity contribution in [2.75, 3.05) is 98.3 Å². The summed E-state index contributed by atoms with van der Waals surface area (Å²) in [4.78, 5) is 58.2. The number of methoxy groups -OCH3 is 1. The number of carbonyl (C=O) groups is 1. The van der Waals surface area contributed by atoms with E-state index < -0.39 is 0 Å². The van der Waals surface area contributed by atoms with E-state index in [0.717, 1.165) is 91.9 Å². The molecule has 350 valence electrons. The number of nitrogens with zero attached hydrogens (tertiary/aromatic N) is 9. The normalized spacial score (nSPS) is 18.3. The lowest BCUT2D eigenvalue weighted by Crippen LogP contribution is -2.43. The van der Waals surface area contributed by atoms with Gasteiger partial charge in [-0.1, -0.05) is 36.7 Å². The van der Waals surface area contributed by atoms with Crippen molar-refractivity contribution in [1.29, 1.82) is 0 Å². The number of carbonyl (C=O) groups excluding carboxylic acids is 1. The largest absolute Gasteiger partial charge is 0.497 e. The Morgan fingerprint density at radius 1 is 0.806 bits per heavy atom. The fourth-order valence-electron chi connectivity index (χ4n) is 8.52. The Labute approximate surface area is 392 Å². The Kier molecular flexibility index (Phi) is 14.5. The van der Waals surface area contributed by atoms with Crippen molar-refractivity contribution in [2.45, 2.75) is 55.9 Å². The minimum absolute atomic E-state index is 0.0834. The van der Waals surface area contributed by atoms with Gasteiger partial charge in [-0.05, 0) is 67.1 Å². The topological polar surface area (TPSA) is 225 Å². The van der Waals surface area contributed by atoms with Crippen LogP contribution in [0.25, 0.3) is 10.9 Å². The number of anilines is 7. The van der Waals surface area contributed by atoms with Crippen LogP contribution in [0.3, 0.4) is 0 Å². The number of pyridine rings is 3. The number of morpholine rings is 2. The Morgan fingerprint density at radius 2 is 1.46 bits per heavy atom. The Bertz CT molecular complexity index is 2700. The summed E-state index contributed by atoms with van der Waals surface area (Å²) < 4.78 is 17.7. The van der Waals surface area contributed by atoms with Crippen molar-refractivity contribution >= 4 is 69.2 Å². The average Bonchev–Trinajstić information content (AvgIpc) is 3.37. The third kappa shape index (κ3) is 11.0. The van der Waals surface area contributed by atoms with Gasteiger partial charge in [-0.15, -0.1) is 0 Å². The van der Waals surface area contributed by atoms with Crippen molar-refractivity contribution in [1.82, 2.24) is 39.8 Å². The van der Waals surface area contributed by atoms with Crippen LogP contribution in [0.5, 0.6) is 5.75 Å². The molecule has 8 heterocycles. The molecule has 1 aromatic carbocycles. The Balaban J connectivity index is 0.000000169. The smallest absolute Gasteiger partial charge is 0.264 e. The maximum absolute atomic E-state index is 13.5. The summed E-state index contributed by atoms with van der Waals surface area (Å²) in [7, 11) is 1.63. The molecule has 4 aliphatic rings. The van der Waals surface area contributed by atoms with Gasteiger partial charge in [0, 0.05) is 57.4 Å². The number of rotatable bonds is 12. The lowest BCUT2D eigenvalue weighted by atomic mass is 9.91. The highest BCUT2D eigenvalue weighted by atomic mass is 32.2. The first-order valence-corrected chi connectivity index (χ1v) is 23.9. The van der Waals surface area contributed by atoms with Crippen LogP contribution in [0.15, 0.2) is 83.1 Å². The number of thioether (sulfide) groups is 1. The predicted molar refractivity (Wildman–Crippen MR) is 261 cm³/mol. The van der Waals surface area contributed by atoms with E-state index in [1.807, 2.05) is 60.9 Å². The summed E-state index contributed by atoms with van der Waals surface area (Å²) >= 11 is 1.43. The highest BCUT2D eigenvalue weighted by Crippen LogP contribution is 2.29. The molecular formula is C47H56N14O5S. The SMILES string of the molecule is COc1ccc(Cn2ccc3nc(SC)nc(Nc4ccc(N5CCOCC5)nc4)c3c2=O)cc1.N[C@H]1CCCC[C@H]1Nc1nc2c(c(Nc3ccc(N4CCOCC4)nc3)n1)C(=O)NCC2. The molecule has 1 saturated carbocycles. The molecule has 10 rings (SSSR count). The molecule has 2 saturated heterocycles. The summed E-state index contributed by atoms with van der Waals surface area (Å²) in [5.41, 5.74) is 10.5. The van der Waals surface area contributed by atoms with E-state index in [9.17, 15) is 9.59 Å². The molecule has 3 aliphatic heterocycles. The van der Waals surface area contributed by atoms with Crippen LogP contribution < -0.4 is 47.1 Å². The zero-order chi connectivity index (χ0) is 46.1. The lowest BCUT2D eigenvalue weighted by molar-refractivity contribution is 0.0945. The van der Waals surface area contributed by atoms with Crippen LogP contribution in [-0.2, 0) is 22.4 Å². The van der Waals surface area contributed by atoms with Gasteiger partial charge in [0.05, 0.1) is 75.1 Å². The van der Waals surface area contributed by atoms with Crippen molar-refractivity contribution in [3.05, 3.63) is 100 Å². The molecule has 5 aromatic heterocycles. The lowest BCUT2D eigenvalue weighted by Gasteiger charge is -2.30. The minimum atomic E-state index is -0.161. The third-order valence-electron chi connectivity index (χ3n) is 12.2. The van der Waals surface area contributed by atoms with Crippen molar-refractivity contribution in [2.24, 2.45) is 5.73 Å². The second-order valence-electron chi connectivity index (χ2n) is 16.6. The molecule has 67 heavy (non-hydrogen) atoms. The van der Waals surface area contributed by atoms with Gasteiger partial charge in [-0.25, -0.2) is 24.9 Å². The van der Waals surface area contributed by atoms with Gasteiger partial charge < -0.3 is 55.6 Å². The van der Waals surface area contributed by atoms with Crippen molar-refractivity contribution < 1.29 is 19.0 Å². The van der Waals surface area contributed by atoms with Gasteiger partial charge in [0.25, 0.3) is 11.5 Å². The van der Waals surface area contributed by atoms with Gasteiger partial charge in [-0.3, -0.25) is 9.59 Å². The fourth-order valence-corrected chi connectivity index (χ4v) is 8.89. The molecule has 1 aliphatic carbocycles. The summed E-state index contributed by atoms with van der Waals surface area (Å²) in [6, 6.07) is 17.6. The molecule has 6 N–H and O–H groups in total. The molecule has 6 aromatic rings. The van der Waals surface area contributed by atoms with Gasteiger partial charge in [-0.2, -0.15) is 4.98 Å². The van der Waals surface area contributed by atoms with E-state index >= 15 is 0 Å². The molecule has 19 nitrogen and oxygen atoms in total. The van der Waals surface area contributed by atoms with Gasteiger partial charge in [0.2, 0.25) is 5.95 Å². The van der Waals surface area contributed by atoms with Crippen molar-refractivity contribution in [3.63, 3.8) is 0 Å². The fraction of sp³-hybridized carbons (Fsp3) is 0.404. The number of ether oxygens (including phenoxy) is 3. The van der Waals surface area contributed by atoms with Gasteiger partial charge in [0.15, 0.2) is 5.16 Å². The third-order valence-corrected chi connectivity index (χ3v) is 12.7. The van der Waals surface area contributed by atoms with Crippen LogP contribution >= 0.6 is 11.8 Å². The number of hydrogen-bond acceptors (Lipinski definition) is 18. The maximum Gasteiger partial charge on any atom is 0.264 e. The molecule has 2 atom stereocenters. The quantitative estimate of drug-likeness (QED) is 0.0807. The molecule has 20 heteroatoms. The predicted octanol–water partition coefficient (Wildman–Crippen LogP) is 4.97. The van der Waals surface area contributed by atoms with Gasteiger partial charge >= 0.3 is 0 Å². The summed E-state index contributed by atoms with van der Waals surface area (Å²) in [5, 5.41) is 13.9. The van der Waals surface area contributed by atoms with Gasteiger partial charge in [0.1, 0.15) is 40.0 Å². The summed E-state index contributed by atoms with van der Waals surface area (Å²) in [6.45, 7) is 7.13. The highest BCUT2D eigenvalue weighted by Gasteiger charge is 2.28. The molecule has 1 amide bonds. The molecule has 3 fully saturated rings. The number of benzene rings is 1. The second kappa shape index (κ2) is 21.3. The van der Waals surface area contributed by atoms with E-state index in [1.165, 1.54) is 11.8 Å². The first-order chi connectivity index (χ1) is 32.8. The summed E-state index contributed by atoms with van der Waals surface area (Å²) in [5.74, 6) is 3.90. The van der Waals surface area contributed by atoms with Crippen LogP contribution in [0.1, 0.15) is 47.3 Å². The molecule has 0 radical (unpaired) electrons. The maximum atomic E-state index is 13.5. The van der Waals surface area contributed by atoms with Crippen LogP contribution in [0.2, 0.25) is 0 Å². The zero-order valence-corrected chi connectivity index (χ0v) is 38.6. The van der Waals surface area contributed by atoms with Crippen LogP contribution in [-0.4, -0.2) is 125 Å². The van der Waals surface area contributed by atoms with Crippen LogP contribution in [0, 0.1) is 0 Å². The zero-order valence-electron chi connectivity index (χ0n) is 37.7. The Hall–Kier alpha value is -6.61. The number of aromatic nitrogens is 7. The molecule has 0 unspecified atom stereocenters. The van der Waals surface area contributed by atoms with E-state index in [1.54, 1.807) is 30.3 Å². The van der Waals surface area contributed by atoms with E-state index in [2.05, 4.69) is 61.0 Å². The highest BCUT2D eigenvalue weighted by molar-refractivity contribution is 7.98. The molecule has 0 bridgehead atoms. The number of hydrogen-bond donors (Lipinski definition) is 5. The first kappa shape index (κ1) is 45.5. The van der Waals surface area contributed by atoms with E-state index in [4.69, 9.17) is 19.9 Å². The number of amides is 1. The average molecular weight is 929 g/mol. The minimum Gasteiger partial charge on any atom is -0.497 e. The monoisotopic (exact) mass is 928 g/mol. The number of fused-ring (bicyclic) bond motifs is 2. The second-order valence-corrected chi connectivity index (χ2v) is 17.4. The number of nitrogens with one attached hydrogen (secondary N) is 4. The number of nitrogens with two attached hydrogens (primary N) is 1. The molecule has 0 spiro atoms. The Morgan fingerprint density at radius 3 is 2.07 bits per heavy atom. The van der Waals surface area contributed by atoms with E-state index in [-0.39, 0.29) is 23.6 Å². The van der Waals surface area contributed by atoms with Crippen molar-refractivity contribution in [3.8, 4) is 5.75 Å². The van der Waals surface area contributed by atoms with Crippen LogP contribution in [0.4, 0.5) is 40.6 Å². The summed E-state index contributed by atoms with van der Waals surface area (Å²) in [6.07, 6.45) is 12.2. The first-order valence-electron chi connectivity index (χ1n) is 22.7. The standard InChI is InChI=1S/C25H26N6O3S.C22H30N8O2/c1-33-19-6-3-17(4-7-19)16-31-10-9-20-22(24(31)32)23(29-25(28-20)35-2)27-18-5-8-21(26-15-18)30-11-13-34-14-12-30;23-15-3-1-2-4-16(15)27-22-28-17-7-8-24-21(31)19(17)20(29-22)26-14-5-6-18(25-13-14)30-9-11-32-12-10-30/h3-10,15H,11-14,16H2,1-2H3,(H,27,28,29);5-6,13,15-16H,1-4,7-12,23H2,(H,24,31)(H2,26,27,28,29)/t;15-,16+/m.0/s1. The molecular weight excluding hydrogens is 873 g/mol. The van der Waals surface area contributed by atoms with E-state index in [0.29, 0.717) is 85.1 Å².